The molecule has 2 atom stereocenters. The molecule has 20 heavy (non-hydrogen) atoms. The lowest BCUT2D eigenvalue weighted by atomic mass is 9.66. The van der Waals surface area contributed by atoms with Gasteiger partial charge < -0.3 is 4.74 Å². The van der Waals surface area contributed by atoms with Gasteiger partial charge in [-0.2, -0.15) is 0 Å². The van der Waals surface area contributed by atoms with Crippen molar-refractivity contribution in [3.05, 3.63) is 28.8 Å². The fourth-order valence-electron chi connectivity index (χ4n) is 3.76. The van der Waals surface area contributed by atoms with Gasteiger partial charge in [0.15, 0.2) is 0 Å². The number of rotatable bonds is 3. The fraction of sp³-hybridized carbons (Fsp3) is 0.667. The van der Waals surface area contributed by atoms with Gasteiger partial charge in [0, 0.05) is 4.83 Å². The molecule has 2 rings (SSSR count). The van der Waals surface area contributed by atoms with Crippen LogP contribution in [0.2, 0.25) is 0 Å². The molecule has 1 aromatic rings. The molecule has 0 heterocycles. The summed E-state index contributed by atoms with van der Waals surface area (Å²) in [4.78, 5) is 0.445. The highest BCUT2D eigenvalue weighted by Gasteiger charge is 2.37. The molecule has 1 fully saturated rings. The average molecular weight is 339 g/mol. The normalized spacial score (nSPS) is 23.4. The van der Waals surface area contributed by atoms with Crippen molar-refractivity contribution in [2.45, 2.75) is 58.2 Å². The maximum absolute atomic E-state index is 5.48. The molecule has 1 aliphatic rings. The van der Waals surface area contributed by atoms with Gasteiger partial charge in [-0.3, -0.25) is 0 Å². The van der Waals surface area contributed by atoms with Gasteiger partial charge in [0.1, 0.15) is 5.75 Å². The van der Waals surface area contributed by atoms with E-state index in [9.17, 15) is 0 Å². The molecule has 0 aliphatic heterocycles. The van der Waals surface area contributed by atoms with Gasteiger partial charge in [-0.15, -0.1) is 0 Å². The summed E-state index contributed by atoms with van der Waals surface area (Å²) in [6.07, 6.45) is 5.41. The zero-order chi connectivity index (χ0) is 14.9. The van der Waals surface area contributed by atoms with Gasteiger partial charge >= 0.3 is 0 Å². The van der Waals surface area contributed by atoms with E-state index in [2.05, 4.69) is 55.8 Å². The SMILES string of the molecule is COc1c(C)cc(C(Br)C2CCCCC2(C)C)cc1C. The molecule has 1 aromatic carbocycles. The first-order valence-electron chi connectivity index (χ1n) is 7.66. The van der Waals surface area contributed by atoms with Gasteiger partial charge in [-0.05, 0) is 54.7 Å². The largest absolute Gasteiger partial charge is 0.496 e. The van der Waals surface area contributed by atoms with Gasteiger partial charge in [0.2, 0.25) is 0 Å². The Hall–Kier alpha value is -0.500. The molecule has 0 amide bonds. The maximum atomic E-state index is 5.48. The van der Waals surface area contributed by atoms with E-state index in [1.807, 2.05) is 0 Å². The van der Waals surface area contributed by atoms with Crippen LogP contribution in [0.1, 0.15) is 61.0 Å². The highest BCUT2D eigenvalue weighted by molar-refractivity contribution is 9.09. The number of alkyl halides is 1. The van der Waals surface area contributed by atoms with Crippen LogP contribution in [0.3, 0.4) is 0 Å². The lowest BCUT2D eigenvalue weighted by molar-refractivity contribution is 0.136. The second kappa shape index (κ2) is 6.09. The summed E-state index contributed by atoms with van der Waals surface area (Å²) in [6, 6.07) is 4.58. The molecule has 0 bridgehead atoms. The quantitative estimate of drug-likeness (QED) is 0.617. The summed E-state index contributed by atoms with van der Waals surface area (Å²) >= 11 is 4.00. The van der Waals surface area contributed by atoms with Crippen molar-refractivity contribution in [1.29, 1.82) is 0 Å². The number of methoxy groups -OCH3 is 1. The van der Waals surface area contributed by atoms with E-state index >= 15 is 0 Å². The summed E-state index contributed by atoms with van der Waals surface area (Å²) < 4.78 is 5.48. The maximum Gasteiger partial charge on any atom is 0.124 e. The van der Waals surface area contributed by atoms with Crippen molar-refractivity contribution in [2.24, 2.45) is 11.3 Å². The first-order chi connectivity index (χ1) is 9.36. The Morgan fingerprint density at radius 3 is 2.30 bits per heavy atom. The Morgan fingerprint density at radius 1 is 1.20 bits per heavy atom. The Morgan fingerprint density at radius 2 is 1.80 bits per heavy atom. The lowest BCUT2D eigenvalue weighted by Gasteiger charge is -2.41. The van der Waals surface area contributed by atoms with E-state index < -0.39 is 0 Å². The van der Waals surface area contributed by atoms with E-state index in [1.165, 1.54) is 42.4 Å². The minimum Gasteiger partial charge on any atom is -0.496 e. The number of aryl methyl sites for hydroxylation is 2. The minimum atomic E-state index is 0.425. The van der Waals surface area contributed by atoms with Gasteiger partial charge in [0.05, 0.1) is 7.11 Å². The molecular formula is C18H27BrO. The standard InChI is InChI=1S/C18H27BrO/c1-12-10-14(11-13(2)17(12)20-5)16(19)15-8-6-7-9-18(15,3)4/h10-11,15-16H,6-9H2,1-5H3. The van der Waals surface area contributed by atoms with Crippen molar-refractivity contribution in [1.82, 2.24) is 0 Å². The zero-order valence-corrected chi connectivity index (χ0v) is 15.0. The second-order valence-electron chi connectivity index (χ2n) is 6.93. The lowest BCUT2D eigenvalue weighted by Crippen LogP contribution is -2.30. The highest BCUT2D eigenvalue weighted by Crippen LogP contribution is 2.50. The topological polar surface area (TPSA) is 9.23 Å². The third kappa shape index (κ3) is 3.05. The Kier molecular flexibility index (Phi) is 4.84. The van der Waals surface area contributed by atoms with Crippen LogP contribution in [-0.4, -0.2) is 7.11 Å². The first-order valence-corrected chi connectivity index (χ1v) is 8.57. The third-order valence-electron chi connectivity index (χ3n) is 4.95. The Bertz CT molecular complexity index is 455. The van der Waals surface area contributed by atoms with Gasteiger partial charge in [0.25, 0.3) is 0 Å². The predicted molar refractivity (Wildman–Crippen MR) is 89.9 cm³/mol. The number of ether oxygens (including phenoxy) is 1. The molecule has 0 N–H and O–H groups in total. The van der Waals surface area contributed by atoms with Crippen molar-refractivity contribution >= 4 is 15.9 Å². The molecule has 0 radical (unpaired) electrons. The van der Waals surface area contributed by atoms with Crippen molar-refractivity contribution in [3.63, 3.8) is 0 Å². The molecule has 0 spiro atoms. The van der Waals surface area contributed by atoms with Gasteiger partial charge in [-0.25, -0.2) is 0 Å². The molecule has 0 saturated heterocycles. The number of halogens is 1. The minimum absolute atomic E-state index is 0.425. The molecular weight excluding hydrogens is 312 g/mol. The van der Waals surface area contributed by atoms with E-state index in [1.54, 1.807) is 7.11 Å². The number of hydrogen-bond donors (Lipinski definition) is 0. The van der Waals surface area contributed by atoms with Crippen LogP contribution in [0.25, 0.3) is 0 Å². The Labute approximate surface area is 132 Å². The van der Waals surface area contributed by atoms with E-state index in [-0.39, 0.29) is 0 Å². The Balaban J connectivity index is 2.31. The highest BCUT2D eigenvalue weighted by atomic mass is 79.9. The van der Waals surface area contributed by atoms with Crippen molar-refractivity contribution in [2.75, 3.05) is 7.11 Å². The average Bonchev–Trinajstić information content (AvgIpc) is 2.37. The van der Waals surface area contributed by atoms with Crippen LogP contribution in [0.5, 0.6) is 5.75 Å². The van der Waals surface area contributed by atoms with Crippen LogP contribution in [-0.2, 0) is 0 Å². The summed E-state index contributed by atoms with van der Waals surface area (Å²) in [6.45, 7) is 9.13. The van der Waals surface area contributed by atoms with E-state index in [4.69, 9.17) is 4.74 Å². The van der Waals surface area contributed by atoms with Crippen molar-refractivity contribution < 1.29 is 4.74 Å². The summed E-state index contributed by atoms with van der Waals surface area (Å²) in [7, 11) is 1.75. The van der Waals surface area contributed by atoms with Crippen LogP contribution in [0.4, 0.5) is 0 Å². The van der Waals surface area contributed by atoms with Crippen LogP contribution in [0, 0.1) is 25.2 Å². The fourth-order valence-corrected chi connectivity index (χ4v) is 5.00. The molecule has 2 unspecified atom stereocenters. The van der Waals surface area contributed by atoms with Crippen LogP contribution in [0.15, 0.2) is 12.1 Å². The third-order valence-corrected chi connectivity index (χ3v) is 6.12. The molecule has 1 nitrogen and oxygen atoms in total. The molecule has 1 saturated carbocycles. The van der Waals surface area contributed by atoms with Crippen LogP contribution < -0.4 is 4.74 Å². The van der Waals surface area contributed by atoms with E-state index in [0.717, 1.165) is 5.75 Å². The number of benzene rings is 1. The second-order valence-corrected chi connectivity index (χ2v) is 7.92. The summed E-state index contributed by atoms with van der Waals surface area (Å²) in [5.41, 5.74) is 4.30. The summed E-state index contributed by atoms with van der Waals surface area (Å²) in [5, 5.41) is 0. The number of hydrogen-bond acceptors (Lipinski definition) is 1. The molecule has 112 valence electrons. The first kappa shape index (κ1) is 15.9. The summed E-state index contributed by atoms with van der Waals surface area (Å²) in [5.74, 6) is 1.74. The smallest absolute Gasteiger partial charge is 0.124 e. The predicted octanol–water partition coefficient (Wildman–Crippen LogP) is 5.96. The molecule has 2 heteroatoms. The van der Waals surface area contributed by atoms with E-state index in [0.29, 0.717) is 16.2 Å². The molecule has 0 aromatic heterocycles. The van der Waals surface area contributed by atoms with Crippen molar-refractivity contribution in [3.8, 4) is 5.75 Å². The van der Waals surface area contributed by atoms with Gasteiger partial charge in [-0.1, -0.05) is 54.8 Å². The molecule has 1 aliphatic carbocycles. The zero-order valence-electron chi connectivity index (χ0n) is 13.4. The van der Waals surface area contributed by atoms with Crippen LogP contribution >= 0.6 is 15.9 Å². The monoisotopic (exact) mass is 338 g/mol.